The van der Waals surface area contributed by atoms with Gasteiger partial charge in [-0.25, -0.2) is 0 Å². The molecule has 0 aromatic carbocycles. The van der Waals surface area contributed by atoms with Crippen LogP contribution in [0.2, 0.25) is 0 Å². The van der Waals surface area contributed by atoms with Crippen LogP contribution in [0.1, 0.15) is 11.4 Å². The molecule has 15 heavy (non-hydrogen) atoms. The molecule has 0 N–H and O–H groups in total. The van der Waals surface area contributed by atoms with Crippen molar-refractivity contribution in [2.45, 2.75) is 5.75 Å². The molecule has 0 amide bonds. The van der Waals surface area contributed by atoms with Crippen molar-refractivity contribution < 1.29 is 9.53 Å². The van der Waals surface area contributed by atoms with E-state index in [0.29, 0.717) is 16.3 Å². The molecule has 0 atom stereocenters. The maximum absolute atomic E-state index is 11.0. The molecule has 0 radical (unpaired) electrons. The highest BCUT2D eigenvalue weighted by Gasteiger charge is 2.17. The Bertz CT molecular complexity index is 358. The van der Waals surface area contributed by atoms with Crippen LogP contribution in [0.5, 0.6) is 0 Å². The first-order valence-electron chi connectivity index (χ1n) is 4.36. The molecule has 0 fully saturated rings. The first kappa shape index (κ1) is 11.8. The minimum atomic E-state index is 0.0716. The van der Waals surface area contributed by atoms with Crippen LogP contribution in [0.4, 0.5) is 0 Å². The molecule has 1 aromatic heterocycles. The minimum absolute atomic E-state index is 0.0716. The van der Waals surface area contributed by atoms with Crippen LogP contribution >= 0.6 is 11.8 Å². The topological polar surface area (TPSA) is 80.0 Å². The number of aromatic nitrogens is 2. The lowest BCUT2D eigenvalue weighted by Crippen LogP contribution is -2.28. The van der Waals surface area contributed by atoms with Gasteiger partial charge in [-0.2, -0.15) is 17.0 Å². The normalized spacial score (nSPS) is 10.5. The predicted octanol–water partition coefficient (Wildman–Crippen LogP) is -0.0255. The van der Waals surface area contributed by atoms with Crippen LogP contribution in [-0.4, -0.2) is 36.4 Å². The highest BCUT2D eigenvalue weighted by Crippen LogP contribution is 2.11. The average molecular weight is 228 g/mol. The van der Waals surface area contributed by atoms with Crippen molar-refractivity contribution in [3.05, 3.63) is 16.6 Å². The second-order valence-corrected chi connectivity index (χ2v) is 4.30. The number of thioether (sulfide) groups is 1. The van der Waals surface area contributed by atoms with Crippen LogP contribution in [0.3, 0.4) is 0 Å². The SMILES string of the molecule is CN(C)CCSCc1c(C#N)no[n+]1[O-]. The van der Waals surface area contributed by atoms with E-state index in [-0.39, 0.29) is 5.69 Å². The highest BCUT2D eigenvalue weighted by molar-refractivity contribution is 7.98. The van der Waals surface area contributed by atoms with Gasteiger partial charge >= 0.3 is 5.69 Å². The van der Waals surface area contributed by atoms with Gasteiger partial charge in [0.15, 0.2) is 6.07 Å². The number of nitriles is 1. The van der Waals surface area contributed by atoms with Gasteiger partial charge in [-0.05, 0) is 19.0 Å². The molecular formula is C8H12N4O2S. The fourth-order valence-electron chi connectivity index (χ4n) is 0.888. The Hall–Kier alpha value is -1.26. The summed E-state index contributed by atoms with van der Waals surface area (Å²) in [6.45, 7) is 0.927. The van der Waals surface area contributed by atoms with Crippen molar-refractivity contribution in [1.29, 1.82) is 5.26 Å². The summed E-state index contributed by atoms with van der Waals surface area (Å²) >= 11 is 1.57. The van der Waals surface area contributed by atoms with E-state index in [1.165, 1.54) is 0 Å². The van der Waals surface area contributed by atoms with Gasteiger partial charge in [0.2, 0.25) is 5.69 Å². The maximum Gasteiger partial charge on any atom is 0.321 e. The number of hydrogen-bond acceptors (Lipinski definition) is 6. The van der Waals surface area contributed by atoms with Crippen molar-refractivity contribution >= 4 is 11.8 Å². The highest BCUT2D eigenvalue weighted by atomic mass is 32.2. The van der Waals surface area contributed by atoms with Crippen LogP contribution in [0, 0.1) is 16.5 Å². The third-order valence-electron chi connectivity index (χ3n) is 1.73. The van der Waals surface area contributed by atoms with Gasteiger partial charge in [-0.15, -0.1) is 0 Å². The molecule has 1 rings (SSSR count). The zero-order valence-electron chi connectivity index (χ0n) is 8.63. The molecule has 0 spiro atoms. The lowest BCUT2D eigenvalue weighted by Gasteiger charge is -2.07. The van der Waals surface area contributed by atoms with Crippen molar-refractivity contribution in [1.82, 2.24) is 10.1 Å². The maximum atomic E-state index is 11.0. The van der Waals surface area contributed by atoms with E-state index in [0.717, 1.165) is 12.3 Å². The van der Waals surface area contributed by atoms with Gasteiger partial charge in [0, 0.05) is 12.3 Å². The standard InChI is InChI=1S/C8H12N4O2S/c1-11(2)3-4-15-6-8-7(5-9)10-14-12(8)13/h3-4,6H2,1-2H3. The average Bonchev–Trinajstić information content (AvgIpc) is 2.54. The third kappa shape index (κ3) is 3.42. The van der Waals surface area contributed by atoms with Crippen LogP contribution in [-0.2, 0) is 5.75 Å². The fraction of sp³-hybridized carbons (Fsp3) is 0.625. The van der Waals surface area contributed by atoms with Crippen molar-refractivity contribution in [3.8, 4) is 6.07 Å². The number of rotatable bonds is 5. The molecule has 1 aromatic rings. The molecule has 0 bridgehead atoms. The summed E-state index contributed by atoms with van der Waals surface area (Å²) in [5.74, 6) is 1.34. The molecular weight excluding hydrogens is 216 g/mol. The Balaban J connectivity index is 2.44. The second kappa shape index (κ2) is 5.58. The predicted molar refractivity (Wildman–Crippen MR) is 54.9 cm³/mol. The molecule has 1 heterocycles. The Morgan fingerprint density at radius 1 is 1.67 bits per heavy atom. The van der Waals surface area contributed by atoms with E-state index in [1.54, 1.807) is 11.8 Å². The molecule has 0 aliphatic rings. The van der Waals surface area contributed by atoms with Crippen LogP contribution < -0.4 is 4.90 Å². The molecule has 0 saturated heterocycles. The molecule has 82 valence electrons. The Morgan fingerprint density at radius 2 is 2.40 bits per heavy atom. The number of nitrogens with zero attached hydrogens (tertiary/aromatic N) is 4. The van der Waals surface area contributed by atoms with E-state index < -0.39 is 0 Å². The van der Waals surface area contributed by atoms with E-state index in [9.17, 15) is 5.21 Å². The van der Waals surface area contributed by atoms with Crippen molar-refractivity contribution in [2.24, 2.45) is 0 Å². The molecule has 0 aliphatic carbocycles. The fourth-order valence-corrected chi connectivity index (χ4v) is 1.96. The van der Waals surface area contributed by atoms with Gasteiger partial charge in [0.05, 0.1) is 10.9 Å². The monoisotopic (exact) mass is 228 g/mol. The lowest BCUT2D eigenvalue weighted by molar-refractivity contribution is -0.807. The first-order chi connectivity index (χ1) is 7.15. The molecule has 0 saturated carbocycles. The van der Waals surface area contributed by atoms with Gasteiger partial charge in [0.25, 0.3) is 0 Å². The van der Waals surface area contributed by atoms with Crippen molar-refractivity contribution in [2.75, 3.05) is 26.4 Å². The van der Waals surface area contributed by atoms with Gasteiger partial charge < -0.3 is 10.1 Å². The number of hydrogen-bond donors (Lipinski definition) is 0. The van der Waals surface area contributed by atoms with Crippen LogP contribution in [0.25, 0.3) is 0 Å². The summed E-state index contributed by atoms with van der Waals surface area (Å²) in [7, 11) is 3.96. The zero-order chi connectivity index (χ0) is 11.3. The summed E-state index contributed by atoms with van der Waals surface area (Å²) in [6.07, 6.45) is 0. The minimum Gasteiger partial charge on any atom is -0.359 e. The van der Waals surface area contributed by atoms with Gasteiger partial charge in [0.1, 0.15) is 0 Å². The van der Waals surface area contributed by atoms with E-state index in [1.807, 2.05) is 20.2 Å². The molecule has 0 aliphatic heterocycles. The van der Waals surface area contributed by atoms with E-state index >= 15 is 0 Å². The van der Waals surface area contributed by atoms with E-state index in [2.05, 4.69) is 14.7 Å². The lowest BCUT2D eigenvalue weighted by atomic mass is 10.4. The smallest absolute Gasteiger partial charge is 0.321 e. The largest absolute Gasteiger partial charge is 0.359 e. The summed E-state index contributed by atoms with van der Waals surface area (Å²) in [4.78, 5) is 2.35. The molecule has 0 unspecified atom stereocenters. The molecule has 6 nitrogen and oxygen atoms in total. The quantitative estimate of drug-likeness (QED) is 0.520. The Morgan fingerprint density at radius 3 is 3.00 bits per heavy atom. The first-order valence-corrected chi connectivity index (χ1v) is 5.51. The Kier molecular flexibility index (Phi) is 4.39. The summed E-state index contributed by atoms with van der Waals surface area (Å²) in [5.41, 5.74) is 0.364. The third-order valence-corrected chi connectivity index (χ3v) is 2.68. The summed E-state index contributed by atoms with van der Waals surface area (Å²) in [5, 5.41) is 23.0. The van der Waals surface area contributed by atoms with Gasteiger partial charge in [-0.1, -0.05) is 0 Å². The van der Waals surface area contributed by atoms with Gasteiger partial charge in [-0.3, -0.25) is 4.63 Å². The molecule has 7 heteroatoms. The van der Waals surface area contributed by atoms with Crippen LogP contribution in [0.15, 0.2) is 4.63 Å². The van der Waals surface area contributed by atoms with Crippen molar-refractivity contribution in [3.63, 3.8) is 0 Å². The van der Waals surface area contributed by atoms with E-state index in [4.69, 9.17) is 5.26 Å². The second-order valence-electron chi connectivity index (χ2n) is 3.19. The zero-order valence-corrected chi connectivity index (χ0v) is 9.45. The summed E-state index contributed by atoms with van der Waals surface area (Å²) in [6, 6.07) is 1.82. The summed E-state index contributed by atoms with van der Waals surface area (Å²) < 4.78 is 4.33. The Labute approximate surface area is 92.0 Å².